The van der Waals surface area contributed by atoms with Crippen molar-refractivity contribution in [1.82, 2.24) is 0 Å². The van der Waals surface area contributed by atoms with Gasteiger partial charge in [0.1, 0.15) is 0 Å². The minimum atomic E-state index is -4.46. The molecule has 0 spiro atoms. The number of alkyl halides is 3. The fourth-order valence-corrected chi connectivity index (χ4v) is 1.48. The van der Waals surface area contributed by atoms with Crippen LogP contribution in [0.25, 0.3) is 0 Å². The van der Waals surface area contributed by atoms with E-state index in [-0.39, 0.29) is 12.2 Å². The molecular weight excluding hydrogens is 233 g/mol. The fourth-order valence-electron chi connectivity index (χ4n) is 1.48. The molecule has 0 aliphatic rings. The predicted octanol–water partition coefficient (Wildman–Crippen LogP) is 2.91. The fraction of sp³-hybridized carbons (Fsp3) is 0.417. The third-order valence-corrected chi connectivity index (χ3v) is 2.56. The van der Waals surface area contributed by atoms with Crippen molar-refractivity contribution in [3.63, 3.8) is 0 Å². The minimum Gasteiger partial charge on any atom is -0.396 e. The van der Waals surface area contributed by atoms with Crippen LogP contribution in [-0.4, -0.2) is 17.5 Å². The van der Waals surface area contributed by atoms with Gasteiger partial charge >= 0.3 is 6.18 Å². The molecule has 0 bridgehead atoms. The number of benzene rings is 1. The summed E-state index contributed by atoms with van der Waals surface area (Å²) in [7, 11) is 0. The molecule has 1 rings (SSSR count). The van der Waals surface area contributed by atoms with Crippen LogP contribution >= 0.6 is 0 Å². The van der Waals surface area contributed by atoms with E-state index in [1.807, 2.05) is 0 Å². The summed E-state index contributed by atoms with van der Waals surface area (Å²) in [5.74, 6) is -1.10. The zero-order valence-corrected chi connectivity index (χ0v) is 9.29. The molecule has 0 saturated heterocycles. The van der Waals surface area contributed by atoms with Gasteiger partial charge in [-0.15, -0.1) is 0 Å². The van der Waals surface area contributed by atoms with Gasteiger partial charge in [-0.2, -0.15) is 13.2 Å². The number of aliphatic hydroxyl groups excluding tert-OH is 1. The number of rotatable bonds is 4. The molecule has 0 aliphatic heterocycles. The lowest BCUT2D eigenvalue weighted by Gasteiger charge is -2.12. The lowest BCUT2D eigenvalue weighted by atomic mass is 9.95. The summed E-state index contributed by atoms with van der Waals surface area (Å²) in [4.78, 5) is 11.8. The number of ketones is 1. The second kappa shape index (κ2) is 5.31. The van der Waals surface area contributed by atoms with Crippen LogP contribution in [0.3, 0.4) is 0 Å². The lowest BCUT2D eigenvalue weighted by Crippen LogP contribution is -2.18. The molecule has 17 heavy (non-hydrogen) atoms. The molecule has 5 heteroatoms. The van der Waals surface area contributed by atoms with Gasteiger partial charge in [0.05, 0.1) is 12.2 Å². The Bertz CT molecular complexity index is 395. The number of aliphatic hydroxyl groups is 1. The highest BCUT2D eigenvalue weighted by Crippen LogP contribution is 2.30. The first kappa shape index (κ1) is 13.7. The molecule has 1 aromatic carbocycles. The zero-order valence-electron chi connectivity index (χ0n) is 9.29. The topological polar surface area (TPSA) is 37.3 Å². The van der Waals surface area contributed by atoms with Crippen molar-refractivity contribution in [2.75, 3.05) is 6.61 Å². The van der Waals surface area contributed by atoms with E-state index in [0.29, 0.717) is 6.42 Å². The van der Waals surface area contributed by atoms with Crippen LogP contribution in [0.4, 0.5) is 13.2 Å². The van der Waals surface area contributed by atoms with Gasteiger partial charge in [-0.05, 0) is 18.6 Å². The van der Waals surface area contributed by atoms with Crippen molar-refractivity contribution in [2.45, 2.75) is 19.5 Å². The molecule has 0 radical (unpaired) electrons. The molecule has 0 heterocycles. The number of hydrogen-bond donors (Lipinski definition) is 1. The van der Waals surface area contributed by atoms with E-state index >= 15 is 0 Å². The van der Waals surface area contributed by atoms with Crippen molar-refractivity contribution >= 4 is 5.78 Å². The van der Waals surface area contributed by atoms with E-state index in [9.17, 15) is 18.0 Å². The quantitative estimate of drug-likeness (QED) is 0.829. The molecule has 1 atom stereocenters. The van der Waals surface area contributed by atoms with Crippen molar-refractivity contribution in [2.24, 2.45) is 5.92 Å². The molecule has 2 nitrogen and oxygen atoms in total. The highest BCUT2D eigenvalue weighted by atomic mass is 19.4. The third kappa shape index (κ3) is 3.30. The van der Waals surface area contributed by atoms with Gasteiger partial charge in [-0.25, -0.2) is 0 Å². The maximum absolute atomic E-state index is 12.4. The number of carbonyl (C=O) groups is 1. The summed E-state index contributed by atoms with van der Waals surface area (Å²) in [5, 5.41) is 8.94. The van der Waals surface area contributed by atoms with E-state index in [4.69, 9.17) is 5.11 Å². The van der Waals surface area contributed by atoms with Gasteiger partial charge in [-0.1, -0.05) is 19.1 Å². The smallest absolute Gasteiger partial charge is 0.396 e. The highest BCUT2D eigenvalue weighted by molar-refractivity contribution is 5.98. The summed E-state index contributed by atoms with van der Waals surface area (Å²) in [6, 6.07) is 4.26. The van der Waals surface area contributed by atoms with Gasteiger partial charge in [0.2, 0.25) is 0 Å². The van der Waals surface area contributed by atoms with Crippen LogP contribution < -0.4 is 0 Å². The molecule has 1 aromatic rings. The summed E-state index contributed by atoms with van der Waals surface area (Å²) in [6.45, 7) is 1.35. The molecule has 0 fully saturated rings. The first-order chi connectivity index (χ1) is 7.90. The second-order valence-electron chi connectivity index (χ2n) is 3.73. The van der Waals surface area contributed by atoms with E-state index in [1.165, 1.54) is 12.1 Å². The minimum absolute atomic E-state index is 0.0132. The van der Waals surface area contributed by atoms with Crippen LogP contribution in [-0.2, 0) is 6.18 Å². The zero-order chi connectivity index (χ0) is 13.1. The Balaban J connectivity index is 3.04. The lowest BCUT2D eigenvalue weighted by molar-refractivity contribution is -0.137. The van der Waals surface area contributed by atoms with E-state index in [0.717, 1.165) is 12.1 Å². The largest absolute Gasteiger partial charge is 0.416 e. The van der Waals surface area contributed by atoms with Crippen LogP contribution in [0.15, 0.2) is 24.3 Å². The van der Waals surface area contributed by atoms with Crippen molar-refractivity contribution < 1.29 is 23.1 Å². The number of Topliss-reactive ketones (excluding diaryl/α,β-unsaturated/α-hetero) is 1. The SMILES string of the molecule is CCC(CO)C(=O)c1cccc(C(F)(F)F)c1. The average Bonchev–Trinajstić information content (AvgIpc) is 2.29. The van der Waals surface area contributed by atoms with Crippen LogP contribution in [0.2, 0.25) is 0 Å². The normalized spacial score (nSPS) is 13.5. The van der Waals surface area contributed by atoms with Crippen LogP contribution in [0.1, 0.15) is 29.3 Å². The third-order valence-electron chi connectivity index (χ3n) is 2.56. The second-order valence-corrected chi connectivity index (χ2v) is 3.73. The maximum atomic E-state index is 12.4. The van der Waals surface area contributed by atoms with Gasteiger partial charge in [0.15, 0.2) is 5.78 Å². The molecular formula is C12H13F3O2. The molecule has 1 unspecified atom stereocenters. The Morgan fingerprint density at radius 3 is 2.53 bits per heavy atom. The monoisotopic (exact) mass is 246 g/mol. The van der Waals surface area contributed by atoms with Crippen molar-refractivity contribution in [3.8, 4) is 0 Å². The molecule has 0 aromatic heterocycles. The Morgan fingerprint density at radius 1 is 1.41 bits per heavy atom. The predicted molar refractivity (Wildman–Crippen MR) is 56.6 cm³/mol. The van der Waals surface area contributed by atoms with Crippen LogP contribution in [0, 0.1) is 5.92 Å². The van der Waals surface area contributed by atoms with Crippen molar-refractivity contribution in [3.05, 3.63) is 35.4 Å². The number of hydrogen-bond acceptors (Lipinski definition) is 2. The summed E-state index contributed by atoms with van der Waals surface area (Å²) >= 11 is 0. The van der Waals surface area contributed by atoms with Crippen LogP contribution in [0.5, 0.6) is 0 Å². The van der Waals surface area contributed by atoms with Gasteiger partial charge < -0.3 is 5.11 Å². The maximum Gasteiger partial charge on any atom is 0.416 e. The number of halogens is 3. The van der Waals surface area contributed by atoms with E-state index in [2.05, 4.69) is 0 Å². The average molecular weight is 246 g/mol. The Morgan fingerprint density at radius 2 is 2.06 bits per heavy atom. The number of carbonyl (C=O) groups excluding carboxylic acids is 1. The summed E-state index contributed by atoms with van der Waals surface area (Å²) in [6.07, 6.45) is -4.07. The molecule has 0 saturated carbocycles. The van der Waals surface area contributed by atoms with Crippen molar-refractivity contribution in [1.29, 1.82) is 0 Å². The first-order valence-corrected chi connectivity index (χ1v) is 5.22. The highest BCUT2D eigenvalue weighted by Gasteiger charge is 2.31. The summed E-state index contributed by atoms with van der Waals surface area (Å²) in [5.41, 5.74) is -0.864. The molecule has 1 N–H and O–H groups in total. The first-order valence-electron chi connectivity index (χ1n) is 5.22. The van der Waals surface area contributed by atoms with E-state index in [1.54, 1.807) is 6.92 Å². The van der Waals surface area contributed by atoms with Gasteiger partial charge in [-0.3, -0.25) is 4.79 Å². The van der Waals surface area contributed by atoms with Gasteiger partial charge in [0, 0.05) is 11.5 Å². The van der Waals surface area contributed by atoms with E-state index < -0.39 is 23.4 Å². The molecule has 0 aliphatic carbocycles. The standard InChI is InChI=1S/C12H13F3O2/c1-2-8(7-16)11(17)9-4-3-5-10(6-9)12(13,14)15/h3-6,8,16H,2,7H2,1H3. The Labute approximate surface area is 97.1 Å². The summed E-state index contributed by atoms with van der Waals surface area (Å²) < 4.78 is 37.3. The van der Waals surface area contributed by atoms with Gasteiger partial charge in [0.25, 0.3) is 0 Å². The molecule has 94 valence electrons. The Hall–Kier alpha value is -1.36. The Kier molecular flexibility index (Phi) is 4.28. The molecule has 0 amide bonds.